The highest BCUT2D eigenvalue weighted by atomic mass is 19.1. The van der Waals surface area contributed by atoms with Crippen LogP contribution in [0.4, 0.5) is 4.39 Å². The monoisotopic (exact) mass is 265 g/mol. The summed E-state index contributed by atoms with van der Waals surface area (Å²) in [6, 6.07) is 7.06. The third kappa shape index (κ3) is 4.90. The molecule has 1 N–H and O–H groups in total. The van der Waals surface area contributed by atoms with Crippen LogP contribution in [0, 0.1) is 5.82 Å². The summed E-state index contributed by atoms with van der Waals surface area (Å²) >= 11 is 0. The van der Waals surface area contributed by atoms with Crippen LogP contribution in [0.25, 0.3) is 0 Å². The molecule has 2 rings (SSSR count). The molecule has 19 heavy (non-hydrogen) atoms. The minimum Gasteiger partial charge on any atom is -0.314 e. The van der Waals surface area contributed by atoms with Crippen molar-refractivity contribution in [2.75, 3.05) is 52.9 Å². The van der Waals surface area contributed by atoms with Gasteiger partial charge in [-0.3, -0.25) is 4.90 Å². The molecule has 0 radical (unpaired) electrons. The molecule has 106 valence electrons. The molecule has 0 amide bonds. The molecule has 0 unspecified atom stereocenters. The summed E-state index contributed by atoms with van der Waals surface area (Å²) in [7, 11) is 2.11. The SMILES string of the molecule is CN(CCc1ccccc1F)CCN1CCNCC1. The van der Waals surface area contributed by atoms with E-state index in [-0.39, 0.29) is 5.82 Å². The molecule has 3 nitrogen and oxygen atoms in total. The molecule has 0 aromatic heterocycles. The van der Waals surface area contributed by atoms with E-state index in [0.717, 1.165) is 57.8 Å². The lowest BCUT2D eigenvalue weighted by Gasteiger charge is -2.29. The maximum Gasteiger partial charge on any atom is 0.126 e. The van der Waals surface area contributed by atoms with Gasteiger partial charge in [0.15, 0.2) is 0 Å². The Morgan fingerprint density at radius 2 is 1.95 bits per heavy atom. The van der Waals surface area contributed by atoms with Crippen molar-refractivity contribution in [3.63, 3.8) is 0 Å². The molecule has 0 spiro atoms. The summed E-state index contributed by atoms with van der Waals surface area (Å²) in [5.41, 5.74) is 0.816. The molecule has 1 aromatic rings. The summed E-state index contributed by atoms with van der Waals surface area (Å²) in [5, 5.41) is 3.36. The van der Waals surface area contributed by atoms with Crippen LogP contribution >= 0.6 is 0 Å². The van der Waals surface area contributed by atoms with Crippen LogP contribution in [-0.2, 0) is 6.42 Å². The van der Waals surface area contributed by atoms with E-state index < -0.39 is 0 Å². The van der Waals surface area contributed by atoms with Crippen molar-refractivity contribution in [2.24, 2.45) is 0 Å². The van der Waals surface area contributed by atoms with Crippen LogP contribution in [0.3, 0.4) is 0 Å². The number of likely N-dealkylation sites (N-methyl/N-ethyl adjacent to an activating group) is 1. The van der Waals surface area contributed by atoms with Crippen LogP contribution in [0.15, 0.2) is 24.3 Å². The molecule has 0 aliphatic carbocycles. The van der Waals surface area contributed by atoms with Crippen molar-refractivity contribution in [2.45, 2.75) is 6.42 Å². The molecule has 4 heteroatoms. The molecule has 0 saturated carbocycles. The van der Waals surface area contributed by atoms with Gasteiger partial charge in [0.1, 0.15) is 5.82 Å². The minimum atomic E-state index is -0.0852. The third-order valence-electron chi connectivity index (χ3n) is 3.73. The van der Waals surface area contributed by atoms with Gasteiger partial charge in [-0.15, -0.1) is 0 Å². The Morgan fingerprint density at radius 3 is 2.68 bits per heavy atom. The summed E-state index contributed by atoms with van der Waals surface area (Å²) in [6.07, 6.45) is 0.782. The zero-order valence-electron chi connectivity index (χ0n) is 11.7. The standard InChI is InChI=1S/C15H24FN3/c1-18(12-13-19-10-7-17-8-11-19)9-6-14-4-2-3-5-15(14)16/h2-5,17H,6-13H2,1H3. The van der Waals surface area contributed by atoms with Gasteiger partial charge in [0, 0.05) is 45.8 Å². The summed E-state index contributed by atoms with van der Waals surface area (Å²) in [5.74, 6) is -0.0852. The van der Waals surface area contributed by atoms with E-state index in [0.29, 0.717) is 0 Å². The lowest BCUT2D eigenvalue weighted by atomic mass is 10.1. The first-order chi connectivity index (χ1) is 9.25. The number of halogens is 1. The van der Waals surface area contributed by atoms with Crippen LogP contribution in [0.5, 0.6) is 0 Å². The number of hydrogen-bond donors (Lipinski definition) is 1. The average molecular weight is 265 g/mol. The Hall–Kier alpha value is -0.970. The van der Waals surface area contributed by atoms with Gasteiger partial charge in [0.05, 0.1) is 0 Å². The Labute approximate surface area is 115 Å². The highest BCUT2D eigenvalue weighted by molar-refractivity contribution is 5.17. The van der Waals surface area contributed by atoms with Crippen molar-refractivity contribution in [3.8, 4) is 0 Å². The molecular formula is C15H24FN3. The third-order valence-corrected chi connectivity index (χ3v) is 3.73. The van der Waals surface area contributed by atoms with Crippen molar-refractivity contribution in [1.29, 1.82) is 0 Å². The Bertz CT molecular complexity index is 377. The summed E-state index contributed by atoms with van der Waals surface area (Å²) < 4.78 is 13.5. The quantitative estimate of drug-likeness (QED) is 0.834. The van der Waals surface area contributed by atoms with Gasteiger partial charge in [-0.2, -0.15) is 0 Å². The smallest absolute Gasteiger partial charge is 0.126 e. The average Bonchev–Trinajstić information content (AvgIpc) is 2.45. The van der Waals surface area contributed by atoms with Gasteiger partial charge in [-0.1, -0.05) is 18.2 Å². The fraction of sp³-hybridized carbons (Fsp3) is 0.600. The highest BCUT2D eigenvalue weighted by Crippen LogP contribution is 2.07. The summed E-state index contributed by atoms with van der Waals surface area (Å²) in [4.78, 5) is 4.77. The first-order valence-electron chi connectivity index (χ1n) is 7.11. The second kappa shape index (κ2) is 7.58. The maximum atomic E-state index is 13.5. The van der Waals surface area contributed by atoms with Gasteiger partial charge < -0.3 is 10.2 Å². The predicted molar refractivity (Wildman–Crippen MR) is 76.9 cm³/mol. The molecule has 1 aromatic carbocycles. The van der Waals surface area contributed by atoms with Gasteiger partial charge in [-0.25, -0.2) is 4.39 Å². The number of piperazine rings is 1. The normalized spacial score (nSPS) is 17.0. The second-order valence-electron chi connectivity index (χ2n) is 5.24. The van der Waals surface area contributed by atoms with Crippen LogP contribution in [0.1, 0.15) is 5.56 Å². The van der Waals surface area contributed by atoms with E-state index in [2.05, 4.69) is 22.2 Å². The fourth-order valence-corrected chi connectivity index (χ4v) is 2.37. The second-order valence-corrected chi connectivity index (χ2v) is 5.24. The van der Waals surface area contributed by atoms with E-state index >= 15 is 0 Å². The zero-order chi connectivity index (χ0) is 13.5. The topological polar surface area (TPSA) is 18.5 Å². The number of nitrogens with one attached hydrogen (secondary N) is 1. The Balaban J connectivity index is 1.66. The molecule has 1 fully saturated rings. The number of hydrogen-bond acceptors (Lipinski definition) is 3. The minimum absolute atomic E-state index is 0.0852. The van der Waals surface area contributed by atoms with E-state index in [1.165, 1.54) is 6.07 Å². The Morgan fingerprint density at radius 1 is 1.21 bits per heavy atom. The zero-order valence-corrected chi connectivity index (χ0v) is 11.7. The van der Waals surface area contributed by atoms with Gasteiger partial charge in [0.2, 0.25) is 0 Å². The van der Waals surface area contributed by atoms with E-state index in [1.54, 1.807) is 6.07 Å². The predicted octanol–water partition coefficient (Wildman–Crippen LogP) is 1.21. The number of rotatable bonds is 6. The number of benzene rings is 1. The highest BCUT2D eigenvalue weighted by Gasteiger charge is 2.10. The van der Waals surface area contributed by atoms with Crippen LogP contribution in [-0.4, -0.2) is 62.7 Å². The first kappa shape index (κ1) is 14.4. The van der Waals surface area contributed by atoms with E-state index in [4.69, 9.17) is 0 Å². The first-order valence-corrected chi connectivity index (χ1v) is 7.11. The maximum absolute atomic E-state index is 13.5. The lowest BCUT2D eigenvalue weighted by Crippen LogP contribution is -2.46. The van der Waals surface area contributed by atoms with Crippen molar-refractivity contribution >= 4 is 0 Å². The van der Waals surface area contributed by atoms with Crippen molar-refractivity contribution in [3.05, 3.63) is 35.6 Å². The molecule has 1 aliphatic heterocycles. The van der Waals surface area contributed by atoms with Crippen molar-refractivity contribution < 1.29 is 4.39 Å². The van der Waals surface area contributed by atoms with Crippen molar-refractivity contribution in [1.82, 2.24) is 15.1 Å². The van der Waals surface area contributed by atoms with Gasteiger partial charge >= 0.3 is 0 Å². The Kier molecular flexibility index (Phi) is 5.76. The van der Waals surface area contributed by atoms with Gasteiger partial charge in [0.25, 0.3) is 0 Å². The number of nitrogens with zero attached hydrogens (tertiary/aromatic N) is 2. The van der Waals surface area contributed by atoms with E-state index in [1.807, 2.05) is 12.1 Å². The molecular weight excluding hydrogens is 241 g/mol. The lowest BCUT2D eigenvalue weighted by molar-refractivity contribution is 0.205. The van der Waals surface area contributed by atoms with Crippen LogP contribution < -0.4 is 5.32 Å². The summed E-state index contributed by atoms with van der Waals surface area (Å²) in [6.45, 7) is 7.54. The van der Waals surface area contributed by atoms with Gasteiger partial charge in [-0.05, 0) is 25.1 Å². The molecule has 0 atom stereocenters. The molecule has 1 saturated heterocycles. The van der Waals surface area contributed by atoms with E-state index in [9.17, 15) is 4.39 Å². The molecule has 1 aliphatic rings. The largest absolute Gasteiger partial charge is 0.314 e. The molecule has 1 heterocycles. The fourth-order valence-electron chi connectivity index (χ4n) is 2.37. The van der Waals surface area contributed by atoms with Crippen LogP contribution in [0.2, 0.25) is 0 Å². The molecule has 0 bridgehead atoms.